The first-order chi connectivity index (χ1) is 44.3. The Morgan fingerprint density at radius 3 is 0.856 bits per heavy atom. The van der Waals surface area contributed by atoms with Crippen LogP contribution in [0.5, 0.6) is 0 Å². The lowest BCUT2D eigenvalue weighted by molar-refractivity contribution is 1.21. The summed E-state index contributed by atoms with van der Waals surface area (Å²) in [6, 6.07) is 123. The molecule has 0 saturated heterocycles. The molecule has 0 bridgehead atoms. The van der Waals surface area contributed by atoms with Crippen LogP contribution in [0.2, 0.25) is 0 Å². The van der Waals surface area contributed by atoms with Gasteiger partial charge in [-0.25, -0.2) is 0 Å². The summed E-state index contributed by atoms with van der Waals surface area (Å²) in [6.07, 6.45) is 0. The predicted octanol–water partition coefficient (Wildman–Crippen LogP) is 22.6. The van der Waals surface area contributed by atoms with Gasteiger partial charge in [0.2, 0.25) is 0 Å². The number of nitriles is 2. The third kappa shape index (κ3) is 12.3. The lowest BCUT2D eigenvalue weighted by Crippen LogP contribution is -2.10. The highest BCUT2D eigenvalue weighted by Crippen LogP contribution is 2.43. The quantitative estimate of drug-likeness (QED) is 0.108. The van der Waals surface area contributed by atoms with Gasteiger partial charge < -0.3 is 19.6 Å². The molecule has 0 aliphatic carbocycles. The average Bonchev–Trinajstić information content (AvgIpc) is 1.02. The summed E-state index contributed by atoms with van der Waals surface area (Å²) in [4.78, 5) is 8.91. The van der Waals surface area contributed by atoms with Crippen LogP contribution >= 0.6 is 0 Å². The van der Waals surface area contributed by atoms with E-state index >= 15 is 0 Å². The van der Waals surface area contributed by atoms with Gasteiger partial charge in [-0.05, 0) is 183 Å². The van der Waals surface area contributed by atoms with Crippen LogP contribution < -0.4 is 19.6 Å². The van der Waals surface area contributed by atoms with Crippen LogP contribution in [0.25, 0.3) is 66.1 Å². The summed E-state index contributed by atoms with van der Waals surface area (Å²) in [6.45, 7) is 0. The first-order valence-electron chi connectivity index (χ1n) is 30.1. The second-order valence-electron chi connectivity index (χ2n) is 22.1. The van der Waals surface area contributed by atoms with Crippen LogP contribution in [0.3, 0.4) is 0 Å². The fraction of sp³-hybridized carbons (Fsp3) is 0.0238. The van der Waals surface area contributed by atoms with E-state index < -0.39 is 0 Å². The van der Waals surface area contributed by atoms with E-state index in [2.05, 4.69) is 311 Å². The summed E-state index contributed by atoms with van der Waals surface area (Å²) < 4.78 is 0. The Morgan fingerprint density at radius 1 is 0.222 bits per heavy atom. The summed E-state index contributed by atoms with van der Waals surface area (Å²) in [7, 11) is 4.06. The van der Waals surface area contributed by atoms with Gasteiger partial charge in [-0.15, -0.1) is 0 Å². The molecule has 14 aromatic carbocycles. The molecule has 90 heavy (non-hydrogen) atoms. The number of hydrogen-bond acceptors (Lipinski definition) is 6. The second-order valence-corrected chi connectivity index (χ2v) is 22.1. The van der Waals surface area contributed by atoms with Crippen molar-refractivity contribution in [1.82, 2.24) is 0 Å². The maximum absolute atomic E-state index is 9.29. The molecule has 6 nitrogen and oxygen atoms in total. The number of hydrogen-bond donors (Lipinski definition) is 0. The maximum atomic E-state index is 9.29. The molecular formula is C84H62N6. The third-order valence-corrected chi connectivity index (χ3v) is 16.7. The van der Waals surface area contributed by atoms with Gasteiger partial charge in [0.05, 0.1) is 34.6 Å². The lowest BCUT2D eigenvalue weighted by atomic mass is 10.0. The first-order valence-corrected chi connectivity index (χ1v) is 30.1. The molecule has 0 spiro atoms. The van der Waals surface area contributed by atoms with Crippen molar-refractivity contribution in [2.24, 2.45) is 0 Å². The van der Waals surface area contributed by atoms with Crippen LogP contribution in [0.4, 0.5) is 56.9 Å². The fourth-order valence-corrected chi connectivity index (χ4v) is 11.7. The Kier molecular flexibility index (Phi) is 16.5. The van der Waals surface area contributed by atoms with Crippen molar-refractivity contribution >= 4 is 78.4 Å². The zero-order chi connectivity index (χ0) is 61.2. The van der Waals surface area contributed by atoms with Gasteiger partial charge in [0.15, 0.2) is 0 Å². The molecule has 14 rings (SSSR count). The summed E-state index contributed by atoms with van der Waals surface area (Å²) >= 11 is 0. The normalized spacial score (nSPS) is 10.8. The van der Waals surface area contributed by atoms with Crippen LogP contribution in [-0.2, 0) is 0 Å². The molecule has 428 valence electrons. The standard InChI is InChI=1S/2C42H31N3/c1-44(40-14-7-9-31(29-40)30-43)37-23-17-34(18-24-37)35-21-27-39(28-22-35)45(42-16-8-13-36-12-5-6-15-41(36)42)38-25-19-33(20-26-38)32-10-3-2-4-11-32;1-44(37-22-14-31(30-43)15-23-37)38-24-16-34(17-25-38)35-20-28-40(29-21-35)45(42-13-7-11-36-10-5-6-12-41(36)42)39-26-18-33(19-27-39)32-8-3-2-4-9-32/h2*2-29H,1H3. The predicted molar refractivity (Wildman–Crippen MR) is 377 cm³/mol. The van der Waals surface area contributed by atoms with Crippen LogP contribution in [-0.4, -0.2) is 14.1 Å². The van der Waals surface area contributed by atoms with E-state index in [-0.39, 0.29) is 0 Å². The van der Waals surface area contributed by atoms with Gasteiger partial charge in [-0.3, -0.25) is 0 Å². The van der Waals surface area contributed by atoms with Crippen LogP contribution in [0.1, 0.15) is 11.1 Å². The number of benzene rings is 14. The molecule has 0 heterocycles. The van der Waals surface area contributed by atoms with E-state index in [1.807, 2.05) is 74.8 Å². The molecule has 0 atom stereocenters. The van der Waals surface area contributed by atoms with Crippen molar-refractivity contribution in [1.29, 1.82) is 10.5 Å². The van der Waals surface area contributed by atoms with Crippen molar-refractivity contribution in [3.63, 3.8) is 0 Å². The average molecular weight is 1160 g/mol. The van der Waals surface area contributed by atoms with E-state index in [9.17, 15) is 5.26 Å². The second kappa shape index (κ2) is 26.2. The molecule has 6 heteroatoms. The topological polar surface area (TPSA) is 60.5 Å². The maximum Gasteiger partial charge on any atom is 0.0992 e. The molecule has 0 aliphatic heterocycles. The van der Waals surface area contributed by atoms with Gasteiger partial charge >= 0.3 is 0 Å². The van der Waals surface area contributed by atoms with Gasteiger partial charge in [0.25, 0.3) is 0 Å². The van der Waals surface area contributed by atoms with Gasteiger partial charge in [-0.2, -0.15) is 10.5 Å². The zero-order valence-corrected chi connectivity index (χ0v) is 50.0. The van der Waals surface area contributed by atoms with E-state index in [0.29, 0.717) is 11.1 Å². The van der Waals surface area contributed by atoms with Crippen molar-refractivity contribution in [3.05, 3.63) is 351 Å². The molecule has 0 aromatic heterocycles. The minimum atomic E-state index is 0.653. The molecule has 0 amide bonds. The monoisotopic (exact) mass is 1150 g/mol. The SMILES string of the molecule is CN(c1ccc(-c2ccc(N(c3ccc(-c4ccccc4)cc3)c3cccc4ccccc34)cc2)cc1)c1cccc(C#N)c1.CN(c1ccc(C#N)cc1)c1ccc(-c2ccc(N(c3ccc(-c4ccccc4)cc3)c3cccc4ccccc34)cc2)cc1. The molecular weight excluding hydrogens is 1090 g/mol. The van der Waals surface area contributed by atoms with E-state index in [4.69, 9.17) is 5.26 Å². The molecule has 0 saturated carbocycles. The highest BCUT2D eigenvalue weighted by Gasteiger charge is 2.19. The Bertz CT molecular complexity index is 4810. The van der Waals surface area contributed by atoms with E-state index in [0.717, 1.165) is 79.1 Å². The van der Waals surface area contributed by atoms with E-state index in [1.54, 1.807) is 0 Å². The highest BCUT2D eigenvalue weighted by atomic mass is 15.2. The summed E-state index contributed by atoms with van der Waals surface area (Å²) in [5.74, 6) is 0. The van der Waals surface area contributed by atoms with Crippen molar-refractivity contribution in [2.75, 3.05) is 33.7 Å². The van der Waals surface area contributed by atoms with Gasteiger partial charge in [0.1, 0.15) is 0 Å². The highest BCUT2D eigenvalue weighted by molar-refractivity contribution is 6.00. The Hall–Kier alpha value is -12.2. The molecule has 0 N–H and O–H groups in total. The third-order valence-electron chi connectivity index (χ3n) is 16.7. The number of nitrogens with zero attached hydrogens (tertiary/aromatic N) is 6. The van der Waals surface area contributed by atoms with Crippen molar-refractivity contribution < 1.29 is 0 Å². The zero-order valence-electron chi connectivity index (χ0n) is 50.0. The molecule has 0 unspecified atom stereocenters. The molecule has 0 fully saturated rings. The Morgan fingerprint density at radius 2 is 0.500 bits per heavy atom. The van der Waals surface area contributed by atoms with E-state index in [1.165, 1.54) is 43.8 Å². The van der Waals surface area contributed by atoms with Gasteiger partial charge in [-0.1, -0.05) is 212 Å². The lowest BCUT2D eigenvalue weighted by Gasteiger charge is -2.27. The largest absolute Gasteiger partial charge is 0.345 e. The summed E-state index contributed by atoms with van der Waals surface area (Å²) in [5.41, 5.74) is 21.6. The molecule has 0 aliphatic rings. The first kappa shape index (κ1) is 56.9. The number of rotatable bonds is 14. The van der Waals surface area contributed by atoms with Crippen LogP contribution in [0, 0.1) is 22.7 Å². The van der Waals surface area contributed by atoms with Gasteiger partial charge in [0, 0.05) is 70.4 Å². The number of anilines is 10. The minimum absolute atomic E-state index is 0.653. The Labute approximate surface area is 527 Å². The van der Waals surface area contributed by atoms with Crippen molar-refractivity contribution in [3.8, 4) is 56.6 Å². The van der Waals surface area contributed by atoms with Crippen LogP contribution in [0.15, 0.2) is 340 Å². The number of fused-ring (bicyclic) bond motifs is 2. The summed E-state index contributed by atoms with van der Waals surface area (Å²) in [5, 5.41) is 23.2. The molecule has 0 radical (unpaired) electrons. The smallest absolute Gasteiger partial charge is 0.0992 e. The fourth-order valence-electron chi connectivity index (χ4n) is 11.7. The Balaban J connectivity index is 0.000000165. The molecule has 14 aromatic rings. The van der Waals surface area contributed by atoms with Crippen molar-refractivity contribution in [2.45, 2.75) is 0 Å². The minimum Gasteiger partial charge on any atom is -0.345 e.